The van der Waals surface area contributed by atoms with E-state index in [-0.39, 0.29) is 17.5 Å². The standard InChI is InChI=1S/C20H29N3O3/c1-4-5-12-26-15-8-6-14(7-9-15)21-19(24)16-13-23(3)17-10-11-22(2)20(25)18(16)17/h10-11,13-15H,4-9,12H2,1-3H3,(H,21,24). The maximum absolute atomic E-state index is 12.8. The number of aryl methyl sites for hydroxylation is 2. The first kappa shape index (κ1) is 18.7. The van der Waals surface area contributed by atoms with Crippen molar-refractivity contribution in [1.82, 2.24) is 14.5 Å². The fourth-order valence-corrected chi connectivity index (χ4v) is 3.70. The Kier molecular flexibility index (Phi) is 5.81. The van der Waals surface area contributed by atoms with Crippen LogP contribution in [0.15, 0.2) is 23.3 Å². The molecule has 1 saturated carbocycles. The molecule has 2 aromatic rings. The first-order chi connectivity index (χ1) is 12.5. The van der Waals surface area contributed by atoms with Gasteiger partial charge in [-0.1, -0.05) is 13.3 Å². The van der Waals surface area contributed by atoms with Crippen LogP contribution < -0.4 is 10.9 Å². The molecule has 1 N–H and O–H groups in total. The topological polar surface area (TPSA) is 65.3 Å². The Morgan fingerprint density at radius 3 is 2.65 bits per heavy atom. The van der Waals surface area contributed by atoms with Crippen molar-refractivity contribution in [3.63, 3.8) is 0 Å². The highest BCUT2D eigenvalue weighted by molar-refractivity contribution is 6.06. The number of pyridine rings is 1. The van der Waals surface area contributed by atoms with Gasteiger partial charge in [0.1, 0.15) is 0 Å². The molecule has 1 amide bonds. The Morgan fingerprint density at radius 1 is 1.23 bits per heavy atom. The van der Waals surface area contributed by atoms with E-state index in [1.165, 1.54) is 4.57 Å². The number of nitrogens with zero attached hydrogens (tertiary/aromatic N) is 2. The van der Waals surface area contributed by atoms with E-state index in [4.69, 9.17) is 4.74 Å². The summed E-state index contributed by atoms with van der Waals surface area (Å²) in [6, 6.07) is 2.02. The van der Waals surface area contributed by atoms with E-state index in [9.17, 15) is 9.59 Å². The minimum Gasteiger partial charge on any atom is -0.378 e. The summed E-state index contributed by atoms with van der Waals surface area (Å²) in [6.45, 7) is 2.99. The molecule has 2 aromatic heterocycles. The van der Waals surface area contributed by atoms with Crippen molar-refractivity contribution >= 4 is 16.8 Å². The maximum atomic E-state index is 12.8. The van der Waals surface area contributed by atoms with Gasteiger partial charge in [0.25, 0.3) is 11.5 Å². The number of ether oxygens (including phenoxy) is 1. The molecule has 0 unspecified atom stereocenters. The van der Waals surface area contributed by atoms with Crippen molar-refractivity contribution in [3.05, 3.63) is 34.4 Å². The summed E-state index contributed by atoms with van der Waals surface area (Å²) < 4.78 is 9.24. The van der Waals surface area contributed by atoms with Gasteiger partial charge in [0, 0.05) is 39.1 Å². The molecule has 1 aliphatic carbocycles. The van der Waals surface area contributed by atoms with Crippen LogP contribution in [0.5, 0.6) is 0 Å². The Morgan fingerprint density at radius 2 is 1.96 bits per heavy atom. The maximum Gasteiger partial charge on any atom is 0.260 e. The van der Waals surface area contributed by atoms with Gasteiger partial charge in [0.2, 0.25) is 0 Å². The Bertz CT molecular complexity index is 829. The fraction of sp³-hybridized carbons (Fsp3) is 0.600. The third-order valence-corrected chi connectivity index (χ3v) is 5.32. The highest BCUT2D eigenvalue weighted by Crippen LogP contribution is 2.23. The van der Waals surface area contributed by atoms with Gasteiger partial charge in [-0.3, -0.25) is 9.59 Å². The highest BCUT2D eigenvalue weighted by atomic mass is 16.5. The lowest BCUT2D eigenvalue weighted by molar-refractivity contribution is 0.0209. The molecule has 1 aliphatic rings. The highest BCUT2D eigenvalue weighted by Gasteiger charge is 2.25. The average molecular weight is 359 g/mol. The molecular weight excluding hydrogens is 330 g/mol. The van der Waals surface area contributed by atoms with Crippen LogP contribution in [-0.4, -0.2) is 33.8 Å². The zero-order valence-corrected chi connectivity index (χ0v) is 16.0. The molecule has 6 heteroatoms. The molecule has 2 heterocycles. The van der Waals surface area contributed by atoms with Gasteiger partial charge in [-0.15, -0.1) is 0 Å². The van der Waals surface area contributed by atoms with Crippen LogP contribution in [0.4, 0.5) is 0 Å². The molecule has 142 valence electrons. The lowest BCUT2D eigenvalue weighted by atomic mass is 9.92. The van der Waals surface area contributed by atoms with Crippen molar-refractivity contribution in [2.75, 3.05) is 6.61 Å². The van der Waals surface area contributed by atoms with E-state index in [0.29, 0.717) is 17.1 Å². The first-order valence-corrected chi connectivity index (χ1v) is 9.58. The zero-order valence-electron chi connectivity index (χ0n) is 16.0. The summed E-state index contributed by atoms with van der Waals surface area (Å²) in [6.07, 6.45) is 9.85. The van der Waals surface area contributed by atoms with Gasteiger partial charge in [0.05, 0.1) is 22.6 Å². The van der Waals surface area contributed by atoms with Crippen molar-refractivity contribution in [2.24, 2.45) is 14.1 Å². The quantitative estimate of drug-likeness (QED) is 0.807. The molecule has 0 spiro atoms. The van der Waals surface area contributed by atoms with Crippen molar-refractivity contribution < 1.29 is 9.53 Å². The molecule has 0 atom stereocenters. The summed E-state index contributed by atoms with van der Waals surface area (Å²) in [5.41, 5.74) is 1.11. The van der Waals surface area contributed by atoms with Crippen molar-refractivity contribution in [3.8, 4) is 0 Å². The number of fused-ring (bicyclic) bond motifs is 1. The second kappa shape index (κ2) is 8.08. The number of nitrogens with one attached hydrogen (secondary N) is 1. The van der Waals surface area contributed by atoms with E-state index in [1.807, 2.05) is 17.7 Å². The Hall–Kier alpha value is -2.08. The first-order valence-electron chi connectivity index (χ1n) is 9.58. The van der Waals surface area contributed by atoms with Gasteiger partial charge in [-0.25, -0.2) is 0 Å². The fourth-order valence-electron chi connectivity index (χ4n) is 3.70. The predicted molar refractivity (Wildman–Crippen MR) is 103 cm³/mol. The molecular formula is C20H29N3O3. The van der Waals surface area contributed by atoms with Crippen LogP contribution in [0.3, 0.4) is 0 Å². The van der Waals surface area contributed by atoms with E-state index in [1.54, 1.807) is 19.4 Å². The van der Waals surface area contributed by atoms with Gasteiger partial charge in [-0.2, -0.15) is 0 Å². The summed E-state index contributed by atoms with van der Waals surface area (Å²) in [4.78, 5) is 25.3. The summed E-state index contributed by atoms with van der Waals surface area (Å²) in [5, 5.41) is 3.61. The smallest absolute Gasteiger partial charge is 0.260 e. The van der Waals surface area contributed by atoms with Crippen LogP contribution in [0.2, 0.25) is 0 Å². The molecule has 0 saturated heterocycles. The van der Waals surface area contributed by atoms with Crippen LogP contribution in [-0.2, 0) is 18.8 Å². The number of carbonyl (C=O) groups excluding carboxylic acids is 1. The normalized spacial score (nSPS) is 20.4. The van der Waals surface area contributed by atoms with E-state index in [0.717, 1.165) is 50.6 Å². The van der Waals surface area contributed by atoms with Crippen molar-refractivity contribution in [2.45, 2.75) is 57.6 Å². The second-order valence-corrected chi connectivity index (χ2v) is 7.32. The van der Waals surface area contributed by atoms with Crippen LogP contribution >= 0.6 is 0 Å². The molecule has 0 bridgehead atoms. The van der Waals surface area contributed by atoms with Crippen molar-refractivity contribution in [1.29, 1.82) is 0 Å². The van der Waals surface area contributed by atoms with Gasteiger partial charge < -0.3 is 19.2 Å². The summed E-state index contributed by atoms with van der Waals surface area (Å²) in [5.74, 6) is -0.158. The van der Waals surface area contributed by atoms with E-state index >= 15 is 0 Å². The largest absolute Gasteiger partial charge is 0.378 e. The number of rotatable bonds is 6. The number of hydrogen-bond acceptors (Lipinski definition) is 3. The molecule has 1 fully saturated rings. The van der Waals surface area contributed by atoms with E-state index < -0.39 is 0 Å². The SMILES string of the molecule is CCCCOC1CCC(NC(=O)c2cn(C)c3ccn(C)c(=O)c23)CC1. The van der Waals surface area contributed by atoms with Gasteiger partial charge >= 0.3 is 0 Å². The minimum absolute atomic E-state index is 0.138. The molecule has 0 radical (unpaired) electrons. The summed E-state index contributed by atoms with van der Waals surface area (Å²) >= 11 is 0. The molecule has 6 nitrogen and oxygen atoms in total. The molecule has 3 rings (SSSR count). The van der Waals surface area contributed by atoms with Gasteiger partial charge in [-0.05, 0) is 38.2 Å². The van der Waals surface area contributed by atoms with Crippen LogP contribution in [0.1, 0.15) is 55.8 Å². The number of hydrogen-bond donors (Lipinski definition) is 1. The predicted octanol–water partition coefficient (Wildman–Crippen LogP) is 2.73. The number of amides is 1. The second-order valence-electron chi connectivity index (χ2n) is 7.32. The number of aromatic nitrogens is 2. The van der Waals surface area contributed by atoms with E-state index in [2.05, 4.69) is 12.2 Å². The average Bonchev–Trinajstić information content (AvgIpc) is 2.97. The van der Waals surface area contributed by atoms with Crippen LogP contribution in [0, 0.1) is 0 Å². The third-order valence-electron chi connectivity index (χ3n) is 5.32. The Balaban J connectivity index is 1.66. The number of carbonyl (C=O) groups is 1. The number of unbranched alkanes of at least 4 members (excludes halogenated alkanes) is 1. The minimum atomic E-state index is -0.158. The molecule has 0 aromatic carbocycles. The third kappa shape index (κ3) is 3.85. The summed E-state index contributed by atoms with van der Waals surface area (Å²) in [7, 11) is 3.56. The Labute approximate surface area is 154 Å². The monoisotopic (exact) mass is 359 g/mol. The van der Waals surface area contributed by atoms with Gasteiger partial charge in [0.15, 0.2) is 0 Å². The van der Waals surface area contributed by atoms with Crippen LogP contribution in [0.25, 0.3) is 10.9 Å². The lowest BCUT2D eigenvalue weighted by Gasteiger charge is -2.29. The molecule has 0 aliphatic heterocycles. The lowest BCUT2D eigenvalue weighted by Crippen LogP contribution is -2.39. The zero-order chi connectivity index (χ0) is 18.7. The molecule has 26 heavy (non-hydrogen) atoms.